The maximum Gasteiger partial charge on any atom is 1.00 e. The SMILES string of the molecule is CC(=N[S@](=O)C(C)(C)C)c1sc(Br)cc1Cl.CC(C)(C#N)CC[C@](C)(N[S@](=O)C(C)(C)C)c1sc(Br)cc1Cl.CC(C)(C#N)S(=O)(=O)C[C@](C)(N)c1sc(Br)cc1Cl.CC(C)(C#N)S(C)(=O)=O.CC1(C)C(N)=N[C@](C)(c2sc(Br)cc2Cl)CS1(=O)=O.Cc1cc(Cl)c([C@]2(C)CS(=O)(=O)C(C)(C)C(N)=N2)s1.Cc1cc(Cl)c([C@]2(C)CS(=O)(=O)C(C)(C)C(NC(=O)OC(C)(C)C)=N2)s1.O=C=O.O=C=O.[CH2-]CCC.[Cl][Cu].[Li+]. The van der Waals surface area contributed by atoms with Gasteiger partial charge in [-0.3, -0.25) is 20.3 Å². The van der Waals surface area contributed by atoms with Crippen LogP contribution < -0.4 is 46.1 Å². The molecule has 0 bridgehead atoms. The van der Waals surface area contributed by atoms with E-state index in [0.717, 1.165) is 52.2 Å². The van der Waals surface area contributed by atoms with Crippen LogP contribution >= 0.6 is 211 Å². The number of amidine groups is 3. The van der Waals surface area contributed by atoms with Gasteiger partial charge in [0, 0.05) is 25.8 Å². The Labute approximate surface area is 968 Å². The van der Waals surface area contributed by atoms with Gasteiger partial charge in [-0.05, 0) is 314 Å². The first kappa shape index (κ1) is 146. The molecule has 3 aliphatic heterocycles. The van der Waals surface area contributed by atoms with Crippen LogP contribution in [0.5, 0.6) is 0 Å². The number of nitrogens with two attached hydrogens (primary N) is 3. The number of nitriles is 3. The number of aryl methyl sites for hydroxylation is 2. The van der Waals surface area contributed by atoms with Crippen molar-refractivity contribution in [3.05, 3.63) is 128 Å². The molecule has 0 unspecified atom stereocenters. The molecule has 9 rings (SSSR count). The average Bonchev–Trinajstić information content (AvgIpc) is 0.817. The quantitative estimate of drug-likeness (QED) is 0.0322. The van der Waals surface area contributed by atoms with Gasteiger partial charge in [-0.25, -0.2) is 60.0 Å². The van der Waals surface area contributed by atoms with E-state index in [0.29, 0.717) is 63.3 Å². The second-order valence-electron chi connectivity index (χ2n) is 39.3. The number of thiophene rings is 6. The van der Waals surface area contributed by atoms with E-state index < -0.39 is 140 Å². The Kier molecular flexibility index (Phi) is 58.5. The number of halogens is 11. The van der Waals surface area contributed by atoms with Crippen LogP contribution in [-0.4, -0.2) is 160 Å². The summed E-state index contributed by atoms with van der Waals surface area (Å²) in [5.74, 6) is -0.375. The van der Waals surface area contributed by atoms with E-state index in [1.807, 2.05) is 101 Å². The zero-order chi connectivity index (χ0) is 114. The summed E-state index contributed by atoms with van der Waals surface area (Å²) < 4.78 is 155. The van der Waals surface area contributed by atoms with Crippen molar-refractivity contribution < 1.29 is 113 Å². The summed E-state index contributed by atoms with van der Waals surface area (Å²) in [6.07, 6.45) is 4.44. The first-order chi connectivity index (χ1) is 64.1. The Hall–Kier alpha value is -1.98. The summed E-state index contributed by atoms with van der Waals surface area (Å²) in [5, 5.41) is 32.3. The molecule has 6 aromatic heterocycles. The molecule has 30 nitrogen and oxygen atoms in total. The van der Waals surface area contributed by atoms with Crippen molar-refractivity contribution in [2.24, 2.45) is 42.0 Å². The number of aliphatic imine (C=N–C) groups is 3. The molecule has 7 atom stereocenters. The van der Waals surface area contributed by atoms with Gasteiger partial charge in [0.1, 0.15) is 65.0 Å². The number of alkyl carbamates (subject to hydrolysis) is 1. The van der Waals surface area contributed by atoms with E-state index in [9.17, 15) is 60.6 Å². The third-order valence-electron chi connectivity index (χ3n) is 20.6. The van der Waals surface area contributed by atoms with Crippen molar-refractivity contribution in [1.82, 2.24) is 10.0 Å². The van der Waals surface area contributed by atoms with E-state index in [1.54, 1.807) is 106 Å². The summed E-state index contributed by atoms with van der Waals surface area (Å²) >= 11 is 62.8. The number of carbonyl (C=O) groups excluding carboxylic acids is 5. The van der Waals surface area contributed by atoms with E-state index in [2.05, 4.69) is 138 Å². The van der Waals surface area contributed by atoms with Crippen molar-refractivity contribution >= 4 is 324 Å². The van der Waals surface area contributed by atoms with Gasteiger partial charge in [0.2, 0.25) is 0 Å². The second-order valence-corrected chi connectivity index (χ2v) is 70.5. The van der Waals surface area contributed by atoms with E-state index in [1.165, 1.54) is 116 Å². The molecule has 6 aromatic rings. The van der Waals surface area contributed by atoms with Crippen LogP contribution in [0, 0.1) is 60.2 Å². The number of hydrogen-bond donors (Lipinski definition) is 5. The van der Waals surface area contributed by atoms with Crippen molar-refractivity contribution in [3.8, 4) is 18.2 Å². The molecule has 0 aromatic carbocycles. The van der Waals surface area contributed by atoms with E-state index >= 15 is 0 Å². The number of hydrogen-bond acceptors (Lipinski definition) is 33. The van der Waals surface area contributed by atoms with E-state index in [4.69, 9.17) is 121 Å². The minimum absolute atomic E-state index is 0. The summed E-state index contributed by atoms with van der Waals surface area (Å²) in [6, 6.07) is 16.5. The molecule has 56 heteroatoms. The van der Waals surface area contributed by atoms with Gasteiger partial charge in [0.25, 0.3) is 0 Å². The van der Waals surface area contributed by atoms with Crippen molar-refractivity contribution in [2.75, 3.05) is 29.3 Å². The largest absolute Gasteiger partial charge is 1.00 e. The van der Waals surface area contributed by atoms with Gasteiger partial charge < -0.3 is 28.9 Å². The normalized spacial score (nSPS) is 19.7. The number of rotatable bonds is 17. The van der Waals surface area contributed by atoms with Crippen LogP contribution in [0.15, 0.2) is 70.9 Å². The first-order valence-electron chi connectivity index (χ1n) is 41.9. The third kappa shape index (κ3) is 42.3. The summed E-state index contributed by atoms with van der Waals surface area (Å²) in [6.45, 7) is 55.6. The van der Waals surface area contributed by atoms with Crippen LogP contribution in [0.2, 0.25) is 30.1 Å². The maximum absolute atomic E-state index is 13.0. The Balaban J connectivity index is -0.00000160. The Morgan fingerprint density at radius 3 is 1.17 bits per heavy atom. The van der Waals surface area contributed by atoms with Crippen molar-refractivity contribution in [2.45, 2.75) is 300 Å². The molecule has 0 saturated carbocycles. The third-order valence-corrected chi connectivity index (χ3v) is 49.0. The van der Waals surface area contributed by atoms with Crippen LogP contribution in [0.1, 0.15) is 259 Å². The van der Waals surface area contributed by atoms with Crippen molar-refractivity contribution in [3.63, 3.8) is 0 Å². The van der Waals surface area contributed by atoms with Gasteiger partial charge in [-0.15, -0.1) is 68.0 Å². The molecule has 0 fully saturated rings. The van der Waals surface area contributed by atoms with E-state index in [-0.39, 0.29) is 81.2 Å². The molecule has 9 heterocycles. The smallest absolute Gasteiger partial charge is 1.00 e. The Morgan fingerprint density at radius 2 is 0.889 bits per heavy atom. The second kappa shape index (κ2) is 57.6. The van der Waals surface area contributed by atoms with Crippen LogP contribution in [0.3, 0.4) is 0 Å². The van der Waals surface area contributed by atoms with Crippen molar-refractivity contribution in [1.29, 1.82) is 15.8 Å². The molecule has 144 heavy (non-hydrogen) atoms. The fourth-order valence-corrected chi connectivity index (χ4v) is 31.4. The summed E-state index contributed by atoms with van der Waals surface area (Å²) in [4.78, 5) is 64.7. The van der Waals surface area contributed by atoms with Gasteiger partial charge in [-0.1, -0.05) is 83.0 Å². The fraction of sp³-hybridized carbons (Fsp3) is 0.602. The topological polar surface area (TPSA) is 522 Å². The zero-order valence-electron chi connectivity index (χ0n) is 85.8. The minimum atomic E-state index is -3.68. The molecule has 3 aliphatic rings. The van der Waals surface area contributed by atoms with Crippen LogP contribution in [-0.2, 0) is 138 Å². The number of amides is 1. The predicted octanol–water partition coefficient (Wildman–Crippen LogP) is 21.2. The molecule has 8 N–H and O–H groups in total. The molecule has 812 valence electrons. The zero-order valence-corrected chi connectivity index (χ0v) is 109. The Bertz CT molecular complexity index is 6340. The molecule has 0 saturated heterocycles. The molecular weight excluding hydrogens is 2570 g/mol. The average molecular weight is 2690 g/mol. The monoisotopic (exact) mass is 2680 g/mol. The fourth-order valence-electron chi connectivity index (χ4n) is 11.1. The van der Waals surface area contributed by atoms with Gasteiger partial charge in [-0.2, -0.15) is 45.8 Å². The van der Waals surface area contributed by atoms with Gasteiger partial charge in [0.05, 0.1) is 149 Å². The molecule has 1 amide bonds. The van der Waals surface area contributed by atoms with Gasteiger partial charge in [0.15, 0.2) is 58.7 Å². The number of unbranched alkanes of at least 4 members (excludes halogenated alkanes) is 1. The molecule has 0 aliphatic carbocycles. The number of carbonyl (C=O) groups is 1. The standard InChI is InChI=1S/C17H25ClN2O4S2.C16H24BrClN2OS2.C12H17ClN2O2S2.2C11H14BrClN2O2S2.C10H13BrClNOS2.C5H9NO2S.C4H9.2CO2.ClH.Cu.Li/c1-10-8-11(18)12(25-10)17(7)9-26(22,23)16(5,6)13(20-17)19-14(21)24-15(2,3)4;1-14(2,3)23(21)20-16(6,8-7-15(4,5)10-19)13-11(18)9-12(17)22-13;1-7-5-8(13)9(18-7)12(4)6-19(16,17)11(2,3)10(14)15-12;1-10(2)9(14)15-11(3,5-19(10,16)17)8-6(13)4-7(12)18-8;1-10(2,5-14)19(16,17)6-11(3,15)9-7(13)4-8(12)18-9;1-6(13-16(14)10(2,3)4)9-7(12)5-8(11)15-9;1-5(2,4-6)9(3,7)8;1-3-4-2;2*2-1-3;;;/h8H,9H2,1-7H3,(H,19,20,21);9,20H,7-8H2,1-6H3;5H,6H2,1-4H3,(H2,14,15);4H,5H2,1-3H3,(H2,14,15);4H,6,15H2,1-3H3;5H,1-4H3;1-3H3;1,3-4H2,2H3;;;1H;;/q;;;;;;;-1;;;;2*+1/p-1/t17-;16-,23+;12-;2*11-;16-;;;;;;;/m000001......./s1. The summed E-state index contributed by atoms with van der Waals surface area (Å²) in [5.41, 5.74) is 12.9. The predicted molar refractivity (Wildman–Crippen MR) is 605 cm³/mol. The summed E-state index contributed by atoms with van der Waals surface area (Å²) in [7, 11) is -15.6. The van der Waals surface area contributed by atoms with Gasteiger partial charge >= 0.3 is 62.5 Å². The molecular formula is C88H125Br4Cl7CuLiN12O18S13. The minimum Gasteiger partial charge on any atom is 1.00 e. The number of nitrogens with one attached hydrogen (secondary N) is 2. The number of nitrogens with zero attached hydrogens (tertiary/aromatic N) is 7. The molecule has 0 spiro atoms. The molecule has 0 radical (unpaired) electrons. The number of ether oxygens (including phenoxy) is 1. The Morgan fingerprint density at radius 1 is 0.556 bits per heavy atom. The first-order valence-corrected chi connectivity index (χ1v) is 64.3. The maximum atomic E-state index is 13.0. The van der Waals surface area contributed by atoms with Crippen LogP contribution in [0.4, 0.5) is 4.79 Å². The number of sulfone groups is 5. The van der Waals surface area contributed by atoms with Crippen LogP contribution in [0.25, 0.3) is 0 Å².